The number of aliphatic carboxylic acids is 1. The Bertz CT molecular complexity index is 458. The molecule has 1 atom stereocenters. The lowest BCUT2D eigenvalue weighted by Gasteiger charge is -2.15. The Morgan fingerprint density at radius 2 is 2.06 bits per heavy atom. The van der Waals surface area contributed by atoms with E-state index in [1.807, 2.05) is 6.92 Å². The Labute approximate surface area is 104 Å². The Balaban J connectivity index is 2.88. The number of carbonyl (C=O) groups is 2. The topological polar surface area (TPSA) is 110 Å². The molecular weight excluding hydrogens is 238 g/mol. The van der Waals surface area contributed by atoms with Crippen LogP contribution in [0.1, 0.15) is 30.1 Å². The van der Waals surface area contributed by atoms with E-state index in [1.54, 1.807) is 0 Å². The molecule has 0 saturated carbocycles. The molecule has 1 aromatic rings. The highest BCUT2D eigenvalue weighted by Crippen LogP contribution is 2.21. The molecule has 1 rings (SSSR count). The Hall–Kier alpha value is -2.24. The third-order valence-corrected chi connectivity index (χ3v) is 2.36. The molecule has 1 aromatic carbocycles. The van der Waals surface area contributed by atoms with Crippen molar-refractivity contribution in [3.8, 4) is 5.75 Å². The van der Waals surface area contributed by atoms with E-state index < -0.39 is 18.0 Å². The first-order valence-corrected chi connectivity index (χ1v) is 5.48. The lowest BCUT2D eigenvalue weighted by atomic mass is 10.1. The number of carboxylic acid groups (broad SMARTS) is 2. The molecular formula is C12H15NO5. The maximum atomic E-state index is 10.9. The fourth-order valence-corrected chi connectivity index (χ4v) is 1.47. The van der Waals surface area contributed by atoms with Crippen LogP contribution in [0.3, 0.4) is 0 Å². The molecule has 6 nitrogen and oxygen atoms in total. The summed E-state index contributed by atoms with van der Waals surface area (Å²) in [7, 11) is 0. The molecule has 0 fully saturated rings. The summed E-state index contributed by atoms with van der Waals surface area (Å²) in [5.41, 5.74) is 5.54. The van der Waals surface area contributed by atoms with Gasteiger partial charge in [-0.2, -0.15) is 0 Å². The molecule has 0 radical (unpaired) electrons. The van der Waals surface area contributed by atoms with E-state index in [9.17, 15) is 9.59 Å². The number of nitrogen functional groups attached to an aromatic ring is 1. The predicted octanol–water partition coefficient (Wildman–Crippen LogP) is 1.60. The smallest absolute Gasteiger partial charge is 0.344 e. The zero-order chi connectivity index (χ0) is 13.7. The number of aromatic carboxylic acids is 1. The highest BCUT2D eigenvalue weighted by Gasteiger charge is 2.19. The van der Waals surface area contributed by atoms with Crippen LogP contribution in [-0.4, -0.2) is 28.3 Å². The Kier molecular flexibility index (Phi) is 4.53. The summed E-state index contributed by atoms with van der Waals surface area (Å²) < 4.78 is 5.26. The van der Waals surface area contributed by atoms with Gasteiger partial charge in [0.25, 0.3) is 0 Å². The van der Waals surface area contributed by atoms with Crippen LogP contribution in [0.2, 0.25) is 0 Å². The van der Waals surface area contributed by atoms with Crippen LogP contribution >= 0.6 is 0 Å². The summed E-state index contributed by atoms with van der Waals surface area (Å²) in [6, 6.07) is 4.00. The zero-order valence-corrected chi connectivity index (χ0v) is 9.92. The van der Waals surface area contributed by atoms with E-state index >= 15 is 0 Å². The molecule has 1 unspecified atom stereocenters. The minimum atomic E-state index is -1.14. The molecule has 98 valence electrons. The molecule has 0 bridgehead atoms. The van der Waals surface area contributed by atoms with Crippen molar-refractivity contribution in [2.24, 2.45) is 0 Å². The number of nitrogens with two attached hydrogens (primary N) is 1. The number of rotatable bonds is 6. The van der Waals surface area contributed by atoms with Crippen LogP contribution in [0, 0.1) is 0 Å². The SMILES string of the molecule is CCCC(Oc1ccc(C(=O)O)c(N)c1)C(=O)O. The van der Waals surface area contributed by atoms with E-state index in [4.69, 9.17) is 20.7 Å². The van der Waals surface area contributed by atoms with Gasteiger partial charge in [0.2, 0.25) is 0 Å². The number of carboxylic acids is 2. The van der Waals surface area contributed by atoms with Gasteiger partial charge in [-0.05, 0) is 18.6 Å². The first-order valence-electron chi connectivity index (χ1n) is 5.48. The van der Waals surface area contributed by atoms with Crippen molar-refractivity contribution in [1.29, 1.82) is 0 Å². The zero-order valence-electron chi connectivity index (χ0n) is 9.92. The highest BCUT2D eigenvalue weighted by atomic mass is 16.5. The molecule has 4 N–H and O–H groups in total. The molecule has 0 amide bonds. The van der Waals surface area contributed by atoms with Crippen LogP contribution < -0.4 is 10.5 Å². The van der Waals surface area contributed by atoms with Crippen molar-refractivity contribution < 1.29 is 24.5 Å². The molecule has 0 heterocycles. The van der Waals surface area contributed by atoms with Gasteiger partial charge in [-0.1, -0.05) is 13.3 Å². The van der Waals surface area contributed by atoms with Crippen molar-refractivity contribution in [2.75, 3.05) is 5.73 Å². The van der Waals surface area contributed by atoms with Crippen molar-refractivity contribution in [2.45, 2.75) is 25.9 Å². The molecule has 0 aromatic heterocycles. The van der Waals surface area contributed by atoms with Gasteiger partial charge in [-0.25, -0.2) is 9.59 Å². The van der Waals surface area contributed by atoms with Crippen molar-refractivity contribution in [1.82, 2.24) is 0 Å². The van der Waals surface area contributed by atoms with Crippen molar-refractivity contribution in [3.05, 3.63) is 23.8 Å². The molecule has 0 aliphatic carbocycles. The van der Waals surface area contributed by atoms with Crippen LogP contribution in [0.4, 0.5) is 5.69 Å². The maximum absolute atomic E-state index is 10.9. The second-order valence-electron chi connectivity index (χ2n) is 3.79. The molecule has 0 aliphatic rings. The van der Waals surface area contributed by atoms with Crippen LogP contribution in [0.15, 0.2) is 18.2 Å². The monoisotopic (exact) mass is 253 g/mol. The maximum Gasteiger partial charge on any atom is 0.344 e. The van der Waals surface area contributed by atoms with E-state index in [1.165, 1.54) is 18.2 Å². The van der Waals surface area contributed by atoms with E-state index in [-0.39, 0.29) is 17.0 Å². The van der Waals surface area contributed by atoms with Gasteiger partial charge in [-0.15, -0.1) is 0 Å². The van der Waals surface area contributed by atoms with E-state index in [0.29, 0.717) is 12.8 Å². The largest absolute Gasteiger partial charge is 0.479 e. The number of hydrogen-bond acceptors (Lipinski definition) is 4. The lowest BCUT2D eigenvalue weighted by Crippen LogP contribution is -2.26. The lowest BCUT2D eigenvalue weighted by molar-refractivity contribution is -0.145. The van der Waals surface area contributed by atoms with Gasteiger partial charge in [0.1, 0.15) is 5.75 Å². The second kappa shape index (κ2) is 5.90. The average Bonchev–Trinajstić information content (AvgIpc) is 2.27. The summed E-state index contributed by atoms with van der Waals surface area (Å²) in [5, 5.41) is 17.7. The standard InChI is InChI=1S/C12H15NO5/c1-2-3-10(12(16)17)18-7-4-5-8(11(14)15)9(13)6-7/h4-6,10H,2-3,13H2,1H3,(H,14,15)(H,16,17). The average molecular weight is 253 g/mol. The summed E-state index contributed by atoms with van der Waals surface area (Å²) >= 11 is 0. The minimum Gasteiger partial charge on any atom is -0.479 e. The second-order valence-corrected chi connectivity index (χ2v) is 3.79. The molecule has 6 heteroatoms. The van der Waals surface area contributed by atoms with Gasteiger partial charge >= 0.3 is 11.9 Å². The quantitative estimate of drug-likeness (QED) is 0.664. The van der Waals surface area contributed by atoms with Gasteiger partial charge in [0, 0.05) is 11.8 Å². The minimum absolute atomic E-state index is 0.0373. The summed E-state index contributed by atoms with van der Waals surface area (Å²) in [4.78, 5) is 21.7. The fraction of sp³-hybridized carbons (Fsp3) is 0.333. The van der Waals surface area contributed by atoms with Gasteiger partial charge < -0.3 is 20.7 Å². The van der Waals surface area contributed by atoms with Crippen molar-refractivity contribution >= 4 is 17.6 Å². The Morgan fingerprint density at radius 3 is 2.50 bits per heavy atom. The van der Waals surface area contributed by atoms with E-state index in [2.05, 4.69) is 0 Å². The normalized spacial score (nSPS) is 11.8. The number of anilines is 1. The van der Waals surface area contributed by atoms with Crippen LogP contribution in [0.5, 0.6) is 5.75 Å². The van der Waals surface area contributed by atoms with Gasteiger partial charge in [-0.3, -0.25) is 0 Å². The number of benzene rings is 1. The number of hydrogen-bond donors (Lipinski definition) is 3. The first-order chi connectivity index (χ1) is 8.45. The van der Waals surface area contributed by atoms with Crippen LogP contribution in [-0.2, 0) is 4.79 Å². The highest BCUT2D eigenvalue weighted by molar-refractivity contribution is 5.93. The molecule has 0 aliphatic heterocycles. The summed E-state index contributed by atoms with van der Waals surface area (Å²) in [6.07, 6.45) is 0.0836. The van der Waals surface area contributed by atoms with Gasteiger partial charge in [0.05, 0.1) is 5.56 Å². The summed E-state index contributed by atoms with van der Waals surface area (Å²) in [6.45, 7) is 1.85. The fourth-order valence-electron chi connectivity index (χ4n) is 1.47. The van der Waals surface area contributed by atoms with Gasteiger partial charge in [0.15, 0.2) is 6.10 Å². The predicted molar refractivity (Wildman–Crippen MR) is 64.8 cm³/mol. The first kappa shape index (κ1) is 13.8. The van der Waals surface area contributed by atoms with Crippen LogP contribution in [0.25, 0.3) is 0 Å². The number of ether oxygens (including phenoxy) is 1. The third kappa shape index (κ3) is 3.38. The van der Waals surface area contributed by atoms with Crippen molar-refractivity contribution in [3.63, 3.8) is 0 Å². The third-order valence-electron chi connectivity index (χ3n) is 2.36. The van der Waals surface area contributed by atoms with E-state index in [0.717, 1.165) is 0 Å². The molecule has 0 spiro atoms. The summed E-state index contributed by atoms with van der Waals surface area (Å²) in [5.74, 6) is -1.95. The Morgan fingerprint density at radius 1 is 1.39 bits per heavy atom. The molecule has 18 heavy (non-hydrogen) atoms. The molecule has 0 saturated heterocycles.